The van der Waals surface area contributed by atoms with Gasteiger partial charge in [0.1, 0.15) is 0 Å². The van der Waals surface area contributed by atoms with E-state index >= 15 is 0 Å². The Labute approximate surface area is 91.4 Å². The van der Waals surface area contributed by atoms with Gasteiger partial charge in [0.05, 0.1) is 22.7 Å². The molecule has 0 amide bonds. The van der Waals surface area contributed by atoms with Crippen LogP contribution in [0.25, 0.3) is 0 Å². The van der Waals surface area contributed by atoms with Crippen LogP contribution < -0.4 is 5.32 Å². The summed E-state index contributed by atoms with van der Waals surface area (Å²) in [7, 11) is 1.74. The van der Waals surface area contributed by atoms with Crippen molar-refractivity contribution in [2.75, 3.05) is 19.0 Å². The first-order chi connectivity index (χ1) is 6.96. The molecule has 0 radical (unpaired) electrons. The summed E-state index contributed by atoms with van der Waals surface area (Å²) in [6, 6.07) is 0. The topological polar surface area (TPSA) is 49.9 Å². The number of methoxy groups -OCH3 is 1. The van der Waals surface area contributed by atoms with E-state index in [-0.39, 0.29) is 5.60 Å². The van der Waals surface area contributed by atoms with Crippen molar-refractivity contribution in [1.29, 1.82) is 0 Å². The molecule has 1 heterocycles. The Morgan fingerprint density at radius 1 is 1.40 bits per heavy atom. The SMILES string of the molecule is COC(C)(C)CCNc1c(C)n[nH]c1C. The van der Waals surface area contributed by atoms with Crippen LogP contribution in [0.5, 0.6) is 0 Å². The van der Waals surface area contributed by atoms with E-state index in [0.29, 0.717) is 0 Å². The van der Waals surface area contributed by atoms with E-state index in [0.717, 1.165) is 30.0 Å². The van der Waals surface area contributed by atoms with Crippen LogP contribution in [0.2, 0.25) is 0 Å². The van der Waals surface area contributed by atoms with E-state index in [4.69, 9.17) is 4.74 Å². The number of H-pyrrole nitrogens is 1. The number of rotatable bonds is 5. The molecule has 1 rings (SSSR count). The van der Waals surface area contributed by atoms with Gasteiger partial charge in [0.2, 0.25) is 0 Å². The van der Waals surface area contributed by atoms with Gasteiger partial charge in [-0.25, -0.2) is 0 Å². The van der Waals surface area contributed by atoms with E-state index in [1.807, 2.05) is 13.8 Å². The van der Waals surface area contributed by atoms with Crippen molar-refractivity contribution in [3.63, 3.8) is 0 Å². The van der Waals surface area contributed by atoms with Gasteiger partial charge in [-0.05, 0) is 34.1 Å². The standard InChI is InChI=1S/C11H21N3O/c1-8-10(9(2)14-13-8)12-7-6-11(3,4)15-5/h12H,6-7H2,1-5H3,(H,13,14). The Morgan fingerprint density at radius 2 is 2.07 bits per heavy atom. The second-order valence-corrected chi connectivity index (χ2v) is 4.45. The molecule has 4 nitrogen and oxygen atoms in total. The second-order valence-electron chi connectivity index (χ2n) is 4.45. The molecule has 0 unspecified atom stereocenters. The summed E-state index contributed by atoms with van der Waals surface area (Å²) in [5, 5.41) is 10.5. The highest BCUT2D eigenvalue weighted by Gasteiger charge is 2.16. The Bertz CT molecular complexity index is 298. The van der Waals surface area contributed by atoms with Gasteiger partial charge in [0.25, 0.3) is 0 Å². The van der Waals surface area contributed by atoms with Crippen LogP contribution >= 0.6 is 0 Å². The van der Waals surface area contributed by atoms with Crippen molar-refractivity contribution in [3.8, 4) is 0 Å². The first-order valence-corrected chi connectivity index (χ1v) is 5.27. The van der Waals surface area contributed by atoms with Gasteiger partial charge in [0, 0.05) is 13.7 Å². The molecule has 0 atom stereocenters. The lowest BCUT2D eigenvalue weighted by molar-refractivity contribution is 0.0185. The normalized spacial score (nSPS) is 11.8. The van der Waals surface area contributed by atoms with Crippen molar-refractivity contribution in [2.45, 2.75) is 39.7 Å². The van der Waals surface area contributed by atoms with Crippen LogP contribution in [0.3, 0.4) is 0 Å². The van der Waals surface area contributed by atoms with Gasteiger partial charge in [-0.3, -0.25) is 5.10 Å². The number of aromatic nitrogens is 2. The molecule has 0 saturated carbocycles. The highest BCUT2D eigenvalue weighted by atomic mass is 16.5. The molecule has 0 saturated heterocycles. The van der Waals surface area contributed by atoms with E-state index in [2.05, 4.69) is 29.4 Å². The first-order valence-electron chi connectivity index (χ1n) is 5.27. The minimum atomic E-state index is -0.0709. The zero-order chi connectivity index (χ0) is 11.5. The number of nitrogens with zero attached hydrogens (tertiary/aromatic N) is 1. The molecule has 0 aliphatic heterocycles. The van der Waals surface area contributed by atoms with E-state index in [9.17, 15) is 0 Å². The lowest BCUT2D eigenvalue weighted by atomic mass is 10.1. The van der Waals surface area contributed by atoms with Crippen molar-refractivity contribution in [2.24, 2.45) is 0 Å². The fourth-order valence-corrected chi connectivity index (χ4v) is 1.40. The maximum absolute atomic E-state index is 5.35. The average molecular weight is 211 g/mol. The van der Waals surface area contributed by atoms with Gasteiger partial charge in [-0.2, -0.15) is 5.10 Å². The summed E-state index contributed by atoms with van der Waals surface area (Å²) in [4.78, 5) is 0. The molecule has 15 heavy (non-hydrogen) atoms. The quantitative estimate of drug-likeness (QED) is 0.785. The van der Waals surface area contributed by atoms with Crippen LogP contribution in [0.15, 0.2) is 0 Å². The zero-order valence-electron chi connectivity index (χ0n) is 10.3. The molecular weight excluding hydrogens is 190 g/mol. The number of nitrogens with one attached hydrogen (secondary N) is 2. The van der Waals surface area contributed by atoms with Gasteiger partial charge in [-0.15, -0.1) is 0 Å². The molecule has 0 fully saturated rings. The predicted octanol–water partition coefficient (Wildman–Crippen LogP) is 2.25. The highest BCUT2D eigenvalue weighted by Crippen LogP contribution is 2.18. The maximum atomic E-state index is 5.35. The minimum Gasteiger partial charge on any atom is -0.382 e. The molecule has 0 spiro atoms. The van der Waals surface area contributed by atoms with Crippen LogP contribution in [-0.2, 0) is 4.74 Å². The third kappa shape index (κ3) is 3.23. The average Bonchev–Trinajstić information content (AvgIpc) is 2.49. The van der Waals surface area contributed by atoms with Crippen LogP contribution in [0.1, 0.15) is 31.7 Å². The van der Waals surface area contributed by atoms with Gasteiger partial charge in [0.15, 0.2) is 0 Å². The fourth-order valence-electron chi connectivity index (χ4n) is 1.40. The Morgan fingerprint density at radius 3 is 2.53 bits per heavy atom. The summed E-state index contributed by atoms with van der Waals surface area (Å²) < 4.78 is 5.35. The molecule has 2 N–H and O–H groups in total. The molecule has 0 bridgehead atoms. The molecule has 1 aromatic rings. The van der Waals surface area contributed by atoms with Crippen LogP contribution in [0.4, 0.5) is 5.69 Å². The third-order valence-corrected chi connectivity index (χ3v) is 2.71. The lowest BCUT2D eigenvalue weighted by Gasteiger charge is -2.23. The molecule has 0 aliphatic carbocycles. The number of anilines is 1. The van der Waals surface area contributed by atoms with Gasteiger partial charge >= 0.3 is 0 Å². The largest absolute Gasteiger partial charge is 0.382 e. The van der Waals surface area contributed by atoms with E-state index in [1.54, 1.807) is 7.11 Å². The van der Waals surface area contributed by atoms with E-state index < -0.39 is 0 Å². The van der Waals surface area contributed by atoms with Crippen LogP contribution in [-0.4, -0.2) is 29.5 Å². The highest BCUT2D eigenvalue weighted by molar-refractivity contribution is 5.51. The fraction of sp³-hybridized carbons (Fsp3) is 0.727. The third-order valence-electron chi connectivity index (χ3n) is 2.71. The monoisotopic (exact) mass is 211 g/mol. The van der Waals surface area contributed by atoms with Crippen molar-refractivity contribution >= 4 is 5.69 Å². The lowest BCUT2D eigenvalue weighted by Crippen LogP contribution is -2.25. The number of hydrogen-bond donors (Lipinski definition) is 2. The van der Waals surface area contributed by atoms with Crippen molar-refractivity contribution < 1.29 is 4.74 Å². The summed E-state index contributed by atoms with van der Waals surface area (Å²) in [5.74, 6) is 0. The predicted molar refractivity (Wildman–Crippen MR) is 62.3 cm³/mol. The van der Waals surface area contributed by atoms with E-state index in [1.165, 1.54) is 0 Å². The number of ether oxygens (including phenoxy) is 1. The number of aromatic amines is 1. The minimum absolute atomic E-state index is 0.0709. The summed E-state index contributed by atoms with van der Waals surface area (Å²) in [6.45, 7) is 9.08. The molecule has 0 aromatic carbocycles. The molecule has 1 aromatic heterocycles. The smallest absolute Gasteiger partial charge is 0.0825 e. The number of aryl methyl sites for hydroxylation is 2. The summed E-state index contributed by atoms with van der Waals surface area (Å²) in [5.41, 5.74) is 3.14. The Balaban J connectivity index is 2.45. The van der Waals surface area contributed by atoms with Gasteiger partial charge < -0.3 is 10.1 Å². The molecule has 86 valence electrons. The maximum Gasteiger partial charge on any atom is 0.0825 e. The van der Waals surface area contributed by atoms with Gasteiger partial charge in [-0.1, -0.05) is 0 Å². The second kappa shape index (κ2) is 4.66. The first kappa shape index (κ1) is 12.0. The molecular formula is C11H21N3O. The Hall–Kier alpha value is -1.03. The number of hydrogen-bond acceptors (Lipinski definition) is 3. The van der Waals surface area contributed by atoms with Crippen molar-refractivity contribution in [1.82, 2.24) is 10.2 Å². The summed E-state index contributed by atoms with van der Waals surface area (Å²) >= 11 is 0. The van der Waals surface area contributed by atoms with Crippen molar-refractivity contribution in [3.05, 3.63) is 11.4 Å². The Kier molecular flexibility index (Phi) is 3.74. The zero-order valence-corrected chi connectivity index (χ0v) is 10.3. The van der Waals surface area contributed by atoms with Crippen LogP contribution in [0, 0.1) is 13.8 Å². The molecule has 0 aliphatic rings. The summed E-state index contributed by atoms with van der Waals surface area (Å²) in [6.07, 6.45) is 0.966. The molecule has 4 heteroatoms.